The molecule has 0 aromatic carbocycles. The summed E-state index contributed by atoms with van der Waals surface area (Å²) >= 11 is 0. The van der Waals surface area contributed by atoms with Crippen LogP contribution in [0.2, 0.25) is 0 Å². The van der Waals surface area contributed by atoms with Crippen molar-refractivity contribution in [1.82, 2.24) is 10.6 Å². The summed E-state index contributed by atoms with van der Waals surface area (Å²) in [5.41, 5.74) is 5.36. The highest BCUT2D eigenvalue weighted by Crippen LogP contribution is 2.27. The van der Waals surface area contributed by atoms with Crippen molar-refractivity contribution in [3.63, 3.8) is 0 Å². The Morgan fingerprint density at radius 2 is 1.70 bits per heavy atom. The molecule has 0 spiro atoms. The van der Waals surface area contributed by atoms with Gasteiger partial charge >= 0.3 is 0 Å². The van der Waals surface area contributed by atoms with Crippen molar-refractivity contribution in [2.24, 2.45) is 5.73 Å². The van der Waals surface area contributed by atoms with Gasteiger partial charge in [0.15, 0.2) is 0 Å². The molecule has 0 aromatic rings. The summed E-state index contributed by atoms with van der Waals surface area (Å²) in [6.45, 7) is 0.385. The fourth-order valence-corrected chi connectivity index (χ4v) is 3.25. The second-order valence-corrected chi connectivity index (χ2v) is 6.27. The van der Waals surface area contributed by atoms with Gasteiger partial charge in [0.2, 0.25) is 11.8 Å². The number of carbonyl (C=O) groups excluding carboxylic acids is 2. The van der Waals surface area contributed by atoms with Crippen LogP contribution in [0.3, 0.4) is 0 Å². The highest BCUT2D eigenvalue weighted by molar-refractivity contribution is 5.86. The van der Waals surface area contributed by atoms with Crippen LogP contribution in [0.1, 0.15) is 64.2 Å². The third kappa shape index (κ3) is 4.20. The molecule has 0 unspecified atom stereocenters. The van der Waals surface area contributed by atoms with Gasteiger partial charge in [-0.15, -0.1) is 0 Å². The lowest BCUT2D eigenvalue weighted by atomic mass is 9.95. The third-order valence-electron chi connectivity index (χ3n) is 4.56. The molecule has 2 aliphatic carbocycles. The Bertz CT molecular complexity index is 345. The molecule has 5 nitrogen and oxygen atoms in total. The maximum atomic E-state index is 12.0. The van der Waals surface area contributed by atoms with E-state index in [1.165, 1.54) is 19.3 Å². The summed E-state index contributed by atoms with van der Waals surface area (Å²) in [7, 11) is 0. The Morgan fingerprint density at radius 3 is 2.35 bits per heavy atom. The molecule has 0 radical (unpaired) electrons. The topological polar surface area (TPSA) is 84.2 Å². The quantitative estimate of drug-likeness (QED) is 0.708. The monoisotopic (exact) mass is 281 g/mol. The first kappa shape index (κ1) is 15.3. The Morgan fingerprint density at radius 1 is 1.05 bits per heavy atom. The van der Waals surface area contributed by atoms with E-state index in [0.717, 1.165) is 38.5 Å². The van der Waals surface area contributed by atoms with E-state index in [1.807, 2.05) is 0 Å². The molecule has 0 bridgehead atoms. The summed E-state index contributed by atoms with van der Waals surface area (Å²) in [5.74, 6) is -0.0600. The van der Waals surface area contributed by atoms with Gasteiger partial charge in [-0.05, 0) is 25.7 Å². The average molecular weight is 281 g/mol. The maximum absolute atomic E-state index is 12.0. The Kier molecular flexibility index (Phi) is 5.40. The molecule has 5 heteroatoms. The Balaban J connectivity index is 1.62. The average Bonchev–Trinajstić information content (AvgIpc) is 2.88. The predicted molar refractivity (Wildman–Crippen MR) is 78.0 cm³/mol. The van der Waals surface area contributed by atoms with Crippen LogP contribution in [0.15, 0.2) is 0 Å². The number of hydrogen-bond acceptors (Lipinski definition) is 3. The minimum absolute atomic E-state index is 0.0368. The third-order valence-corrected chi connectivity index (χ3v) is 4.56. The zero-order valence-corrected chi connectivity index (χ0v) is 12.2. The molecule has 2 rings (SSSR count). The number of nitrogens with one attached hydrogen (secondary N) is 2. The van der Waals surface area contributed by atoms with Gasteiger partial charge in [-0.3, -0.25) is 9.59 Å². The van der Waals surface area contributed by atoms with Crippen molar-refractivity contribution < 1.29 is 9.59 Å². The van der Waals surface area contributed by atoms with E-state index in [2.05, 4.69) is 10.6 Å². The highest BCUT2D eigenvalue weighted by Gasteiger charge is 2.36. The maximum Gasteiger partial charge on any atom is 0.240 e. The van der Waals surface area contributed by atoms with Crippen molar-refractivity contribution in [3.8, 4) is 0 Å². The van der Waals surface area contributed by atoms with Crippen molar-refractivity contribution in [2.75, 3.05) is 6.54 Å². The van der Waals surface area contributed by atoms with Gasteiger partial charge in [-0.1, -0.05) is 32.1 Å². The van der Waals surface area contributed by atoms with E-state index in [0.29, 0.717) is 19.0 Å². The fourth-order valence-electron chi connectivity index (χ4n) is 3.25. The summed E-state index contributed by atoms with van der Waals surface area (Å²) in [4.78, 5) is 23.8. The molecule has 0 aliphatic heterocycles. The van der Waals surface area contributed by atoms with Crippen LogP contribution < -0.4 is 16.4 Å². The van der Waals surface area contributed by atoms with Gasteiger partial charge < -0.3 is 16.4 Å². The van der Waals surface area contributed by atoms with E-state index >= 15 is 0 Å². The van der Waals surface area contributed by atoms with Crippen molar-refractivity contribution in [3.05, 3.63) is 0 Å². The standard InChI is InChI=1S/C15H27N3O2/c16-15(9-4-5-10-15)14(20)17-11-8-13(19)18-12-6-2-1-3-7-12/h12H,1-11,16H2,(H,17,20)(H,18,19). The molecule has 20 heavy (non-hydrogen) atoms. The second-order valence-electron chi connectivity index (χ2n) is 6.27. The number of amides is 2. The molecule has 2 aliphatic rings. The van der Waals surface area contributed by atoms with Crippen LogP contribution >= 0.6 is 0 Å². The minimum atomic E-state index is -0.695. The zero-order chi connectivity index (χ0) is 14.4. The van der Waals surface area contributed by atoms with Gasteiger partial charge in [0.1, 0.15) is 0 Å². The molecule has 4 N–H and O–H groups in total. The normalized spacial score (nSPS) is 22.4. The first-order chi connectivity index (χ1) is 9.60. The first-order valence-corrected chi connectivity index (χ1v) is 7.97. The Hall–Kier alpha value is -1.10. The van der Waals surface area contributed by atoms with E-state index < -0.39 is 5.54 Å². The van der Waals surface area contributed by atoms with E-state index in [-0.39, 0.29) is 11.8 Å². The number of rotatable bonds is 5. The number of nitrogens with two attached hydrogens (primary N) is 1. The van der Waals surface area contributed by atoms with Gasteiger partial charge in [-0.25, -0.2) is 0 Å². The van der Waals surface area contributed by atoms with E-state index in [1.54, 1.807) is 0 Å². The van der Waals surface area contributed by atoms with Gasteiger partial charge in [-0.2, -0.15) is 0 Å². The largest absolute Gasteiger partial charge is 0.354 e. The Labute approximate surface area is 121 Å². The molecule has 0 heterocycles. The molecule has 0 aromatic heterocycles. The zero-order valence-electron chi connectivity index (χ0n) is 12.2. The van der Waals surface area contributed by atoms with E-state index in [9.17, 15) is 9.59 Å². The summed E-state index contributed by atoms with van der Waals surface area (Å²) in [5, 5.41) is 5.86. The van der Waals surface area contributed by atoms with Gasteiger partial charge in [0.25, 0.3) is 0 Å². The lowest BCUT2D eigenvalue weighted by molar-refractivity contribution is -0.126. The van der Waals surface area contributed by atoms with Gasteiger partial charge in [0, 0.05) is 19.0 Å². The van der Waals surface area contributed by atoms with Crippen molar-refractivity contribution in [2.45, 2.75) is 75.8 Å². The van der Waals surface area contributed by atoms with Crippen molar-refractivity contribution in [1.29, 1.82) is 0 Å². The highest BCUT2D eigenvalue weighted by atomic mass is 16.2. The summed E-state index contributed by atoms with van der Waals surface area (Å²) in [6, 6.07) is 0.336. The SMILES string of the molecule is NC1(C(=O)NCCC(=O)NC2CCCCC2)CCCC1. The summed E-state index contributed by atoms with van der Waals surface area (Å²) in [6.07, 6.45) is 9.76. The lowest BCUT2D eigenvalue weighted by Crippen LogP contribution is -2.52. The van der Waals surface area contributed by atoms with Crippen LogP contribution in [0.4, 0.5) is 0 Å². The molecular weight excluding hydrogens is 254 g/mol. The van der Waals surface area contributed by atoms with Crippen LogP contribution in [-0.2, 0) is 9.59 Å². The molecule has 0 atom stereocenters. The van der Waals surface area contributed by atoms with Crippen LogP contribution in [0, 0.1) is 0 Å². The van der Waals surface area contributed by atoms with Crippen LogP contribution in [0.5, 0.6) is 0 Å². The fraction of sp³-hybridized carbons (Fsp3) is 0.867. The molecule has 0 saturated heterocycles. The number of carbonyl (C=O) groups is 2. The van der Waals surface area contributed by atoms with E-state index in [4.69, 9.17) is 5.73 Å². The predicted octanol–water partition coefficient (Wildman–Crippen LogP) is 1.21. The minimum Gasteiger partial charge on any atom is -0.354 e. The second kappa shape index (κ2) is 7.07. The lowest BCUT2D eigenvalue weighted by Gasteiger charge is -2.24. The van der Waals surface area contributed by atoms with Gasteiger partial charge in [0.05, 0.1) is 5.54 Å². The molecule has 2 saturated carbocycles. The molecule has 114 valence electrons. The smallest absolute Gasteiger partial charge is 0.240 e. The number of hydrogen-bond donors (Lipinski definition) is 3. The summed E-state index contributed by atoms with van der Waals surface area (Å²) < 4.78 is 0. The molecule has 2 fully saturated rings. The first-order valence-electron chi connectivity index (χ1n) is 7.97. The molecular formula is C15H27N3O2. The van der Waals surface area contributed by atoms with Crippen LogP contribution in [-0.4, -0.2) is 29.9 Å². The molecule has 2 amide bonds. The van der Waals surface area contributed by atoms with Crippen LogP contribution in [0.25, 0.3) is 0 Å². The van der Waals surface area contributed by atoms with Crippen molar-refractivity contribution >= 4 is 11.8 Å².